The van der Waals surface area contributed by atoms with E-state index in [1.165, 1.54) is 4.90 Å². The second-order valence-electron chi connectivity index (χ2n) is 9.06. The number of hydrogen-bond donors (Lipinski definition) is 1. The number of aliphatic hydroxyl groups is 1. The average molecular weight is 521 g/mol. The molecular weight excluding hydrogens is 496 g/mol. The number of benzene rings is 3. The number of aliphatic hydroxyl groups excluding tert-OH is 1. The first-order valence-corrected chi connectivity index (χ1v) is 12.5. The summed E-state index contributed by atoms with van der Waals surface area (Å²) in [5.74, 6) is 0.0531. The standard InChI is InChI=1S/C31H24N2O6/c34-29(22-11-14-24-25(18-22)38-17-16-37-24)27-28(33(31(36)30(27)35)26-8-4-5-15-32-26)21-9-12-23(13-10-21)39-19-20-6-2-1-3-7-20/h1-15,18,28,34H,16-17,19H2/b29-27+. The SMILES string of the molecule is O=C1C(=O)N(c2ccccn2)C(c2ccc(OCc3ccccc3)cc2)/C1=C(\O)c1ccc2c(c1)OCCO2. The van der Waals surface area contributed by atoms with E-state index in [2.05, 4.69) is 4.98 Å². The molecule has 1 N–H and O–H groups in total. The van der Waals surface area contributed by atoms with Crippen molar-refractivity contribution in [1.29, 1.82) is 0 Å². The van der Waals surface area contributed by atoms with Gasteiger partial charge in [0.05, 0.1) is 11.6 Å². The van der Waals surface area contributed by atoms with Crippen molar-refractivity contribution < 1.29 is 28.9 Å². The summed E-state index contributed by atoms with van der Waals surface area (Å²) in [5.41, 5.74) is 1.95. The molecule has 1 atom stereocenters. The first-order chi connectivity index (χ1) is 19.1. The normalized spacial score (nSPS) is 17.7. The smallest absolute Gasteiger partial charge is 0.301 e. The van der Waals surface area contributed by atoms with Gasteiger partial charge < -0.3 is 19.3 Å². The van der Waals surface area contributed by atoms with Crippen molar-refractivity contribution in [2.24, 2.45) is 0 Å². The third-order valence-corrected chi connectivity index (χ3v) is 6.60. The molecule has 1 saturated heterocycles. The lowest BCUT2D eigenvalue weighted by Crippen LogP contribution is -2.30. The van der Waals surface area contributed by atoms with Crippen LogP contribution in [-0.4, -0.2) is 35.0 Å². The first-order valence-electron chi connectivity index (χ1n) is 12.5. The van der Waals surface area contributed by atoms with Gasteiger partial charge in [0.2, 0.25) is 0 Å². The zero-order chi connectivity index (χ0) is 26.8. The highest BCUT2D eigenvalue weighted by atomic mass is 16.6. The molecule has 0 bridgehead atoms. The quantitative estimate of drug-likeness (QED) is 0.216. The van der Waals surface area contributed by atoms with Crippen LogP contribution in [0.15, 0.2) is 103 Å². The van der Waals surface area contributed by atoms with Gasteiger partial charge in [-0.05, 0) is 53.6 Å². The molecule has 0 aliphatic carbocycles. The molecule has 39 heavy (non-hydrogen) atoms. The van der Waals surface area contributed by atoms with Crippen molar-refractivity contribution in [3.05, 3.63) is 119 Å². The highest BCUT2D eigenvalue weighted by molar-refractivity contribution is 6.51. The lowest BCUT2D eigenvalue weighted by atomic mass is 9.95. The van der Waals surface area contributed by atoms with Crippen LogP contribution in [0.1, 0.15) is 22.7 Å². The van der Waals surface area contributed by atoms with E-state index in [1.807, 2.05) is 30.3 Å². The topological polar surface area (TPSA) is 98.2 Å². The van der Waals surface area contributed by atoms with Crippen LogP contribution in [0, 0.1) is 0 Å². The summed E-state index contributed by atoms with van der Waals surface area (Å²) < 4.78 is 17.1. The zero-order valence-corrected chi connectivity index (χ0v) is 20.8. The van der Waals surface area contributed by atoms with Crippen LogP contribution in [0.4, 0.5) is 5.82 Å². The van der Waals surface area contributed by atoms with Gasteiger partial charge in [-0.25, -0.2) is 4.98 Å². The molecule has 0 radical (unpaired) electrons. The minimum Gasteiger partial charge on any atom is -0.507 e. The Hall–Kier alpha value is -5.11. The lowest BCUT2D eigenvalue weighted by Gasteiger charge is -2.24. The average Bonchev–Trinajstić information content (AvgIpc) is 3.26. The Kier molecular flexibility index (Phi) is 6.42. The molecule has 0 spiro atoms. The summed E-state index contributed by atoms with van der Waals surface area (Å²) >= 11 is 0. The van der Waals surface area contributed by atoms with Crippen LogP contribution in [0.3, 0.4) is 0 Å². The number of nitrogens with zero attached hydrogens (tertiary/aromatic N) is 2. The number of ketones is 1. The fourth-order valence-corrected chi connectivity index (χ4v) is 4.71. The number of anilines is 1. The van der Waals surface area contributed by atoms with Gasteiger partial charge in [0.1, 0.15) is 37.1 Å². The Morgan fingerprint density at radius 1 is 0.897 bits per heavy atom. The molecule has 1 fully saturated rings. The van der Waals surface area contributed by atoms with E-state index in [9.17, 15) is 14.7 Å². The number of rotatable bonds is 6. The molecule has 1 unspecified atom stereocenters. The Labute approximate surface area is 224 Å². The van der Waals surface area contributed by atoms with Crippen molar-refractivity contribution in [1.82, 2.24) is 4.98 Å². The summed E-state index contributed by atoms with van der Waals surface area (Å²) in [6, 6.07) is 26.0. The second kappa shape index (κ2) is 10.3. The summed E-state index contributed by atoms with van der Waals surface area (Å²) in [7, 11) is 0. The van der Waals surface area contributed by atoms with E-state index < -0.39 is 17.7 Å². The van der Waals surface area contributed by atoms with E-state index >= 15 is 0 Å². The van der Waals surface area contributed by atoms with Crippen molar-refractivity contribution in [2.45, 2.75) is 12.6 Å². The van der Waals surface area contributed by atoms with Crippen LogP contribution in [0.25, 0.3) is 5.76 Å². The highest BCUT2D eigenvalue weighted by Gasteiger charge is 2.47. The van der Waals surface area contributed by atoms with Crippen LogP contribution in [0.5, 0.6) is 17.2 Å². The van der Waals surface area contributed by atoms with Gasteiger partial charge in [0.15, 0.2) is 11.5 Å². The first kappa shape index (κ1) is 24.2. The maximum atomic E-state index is 13.4. The van der Waals surface area contributed by atoms with Gasteiger partial charge in [0, 0.05) is 11.8 Å². The van der Waals surface area contributed by atoms with Crippen molar-refractivity contribution in [2.75, 3.05) is 18.1 Å². The Morgan fingerprint density at radius 2 is 1.64 bits per heavy atom. The minimum absolute atomic E-state index is 0.0414. The van der Waals surface area contributed by atoms with E-state index in [-0.39, 0.29) is 11.3 Å². The van der Waals surface area contributed by atoms with Crippen LogP contribution in [-0.2, 0) is 16.2 Å². The summed E-state index contributed by atoms with van der Waals surface area (Å²) in [6.45, 7) is 1.20. The molecule has 0 saturated carbocycles. The fourth-order valence-electron chi connectivity index (χ4n) is 4.71. The Balaban J connectivity index is 1.39. The van der Waals surface area contributed by atoms with Gasteiger partial charge in [-0.2, -0.15) is 0 Å². The van der Waals surface area contributed by atoms with Crippen LogP contribution >= 0.6 is 0 Å². The molecule has 8 nitrogen and oxygen atoms in total. The number of carbonyl (C=O) groups excluding carboxylic acids is 2. The molecule has 3 aromatic carbocycles. The molecular formula is C31H24N2O6. The Morgan fingerprint density at radius 3 is 2.38 bits per heavy atom. The predicted molar refractivity (Wildman–Crippen MR) is 144 cm³/mol. The molecule has 1 aromatic heterocycles. The Bertz CT molecular complexity index is 1550. The number of ether oxygens (including phenoxy) is 3. The molecule has 4 aromatic rings. The molecule has 6 rings (SSSR count). The maximum absolute atomic E-state index is 13.4. The maximum Gasteiger partial charge on any atom is 0.301 e. The fraction of sp³-hybridized carbons (Fsp3) is 0.129. The van der Waals surface area contributed by atoms with Crippen molar-refractivity contribution in [3.63, 3.8) is 0 Å². The molecule has 3 heterocycles. The number of amides is 1. The van der Waals surface area contributed by atoms with E-state index in [0.717, 1.165) is 5.56 Å². The van der Waals surface area contributed by atoms with Gasteiger partial charge in [-0.3, -0.25) is 14.5 Å². The molecule has 2 aliphatic heterocycles. The summed E-state index contributed by atoms with van der Waals surface area (Å²) in [5, 5.41) is 11.4. The monoisotopic (exact) mass is 520 g/mol. The van der Waals surface area contributed by atoms with E-state index in [1.54, 1.807) is 66.9 Å². The van der Waals surface area contributed by atoms with Gasteiger partial charge in [-0.1, -0.05) is 48.5 Å². The minimum atomic E-state index is -0.906. The van der Waals surface area contributed by atoms with E-state index in [0.29, 0.717) is 54.0 Å². The largest absolute Gasteiger partial charge is 0.507 e. The zero-order valence-electron chi connectivity index (χ0n) is 20.8. The number of aromatic nitrogens is 1. The lowest BCUT2D eigenvalue weighted by molar-refractivity contribution is -0.132. The van der Waals surface area contributed by atoms with E-state index in [4.69, 9.17) is 14.2 Å². The molecule has 8 heteroatoms. The third-order valence-electron chi connectivity index (χ3n) is 6.60. The predicted octanol–water partition coefficient (Wildman–Crippen LogP) is 5.06. The number of hydrogen-bond acceptors (Lipinski definition) is 7. The van der Waals surface area contributed by atoms with Gasteiger partial charge in [0.25, 0.3) is 5.78 Å². The third kappa shape index (κ3) is 4.68. The van der Waals surface area contributed by atoms with Crippen LogP contribution in [0.2, 0.25) is 0 Å². The second-order valence-corrected chi connectivity index (χ2v) is 9.06. The van der Waals surface area contributed by atoms with Crippen molar-refractivity contribution in [3.8, 4) is 17.2 Å². The number of Topliss-reactive ketones (excluding diaryl/α,β-unsaturated/α-hetero) is 1. The molecule has 1 amide bonds. The summed E-state index contributed by atoms with van der Waals surface area (Å²) in [6.07, 6.45) is 1.55. The van der Waals surface area contributed by atoms with Crippen LogP contribution < -0.4 is 19.1 Å². The molecule has 2 aliphatic rings. The molecule has 194 valence electrons. The van der Waals surface area contributed by atoms with Crippen molar-refractivity contribution >= 4 is 23.3 Å². The number of fused-ring (bicyclic) bond motifs is 1. The summed E-state index contributed by atoms with van der Waals surface area (Å²) in [4.78, 5) is 32.3. The highest BCUT2D eigenvalue weighted by Crippen LogP contribution is 2.43. The number of pyridine rings is 1. The van der Waals surface area contributed by atoms with Gasteiger partial charge in [-0.15, -0.1) is 0 Å². The van der Waals surface area contributed by atoms with Gasteiger partial charge >= 0.3 is 5.91 Å². The number of carbonyl (C=O) groups is 2.